The van der Waals surface area contributed by atoms with Crippen LogP contribution in [0.5, 0.6) is 5.75 Å². The second-order valence-electron chi connectivity index (χ2n) is 8.97. The summed E-state index contributed by atoms with van der Waals surface area (Å²) in [5.74, 6) is -0.413. The summed E-state index contributed by atoms with van der Waals surface area (Å²) in [6.45, 7) is 2.12. The van der Waals surface area contributed by atoms with E-state index in [-0.39, 0.29) is 23.7 Å². The number of rotatable bonds is 10. The van der Waals surface area contributed by atoms with E-state index in [1.807, 2.05) is 0 Å². The molecule has 1 unspecified atom stereocenters. The van der Waals surface area contributed by atoms with Gasteiger partial charge in [-0.3, -0.25) is 9.10 Å². The van der Waals surface area contributed by atoms with Crippen molar-refractivity contribution in [3.63, 3.8) is 0 Å². The van der Waals surface area contributed by atoms with Crippen LogP contribution in [0.25, 0.3) is 0 Å². The zero-order valence-electron chi connectivity index (χ0n) is 21.2. The van der Waals surface area contributed by atoms with Gasteiger partial charge in [0.05, 0.1) is 34.0 Å². The summed E-state index contributed by atoms with van der Waals surface area (Å²) in [7, 11) is -7.74. The monoisotopic (exact) mass is 611 g/mol. The van der Waals surface area contributed by atoms with Gasteiger partial charge in [-0.15, -0.1) is 0 Å². The molecule has 1 saturated heterocycles. The van der Waals surface area contributed by atoms with E-state index in [2.05, 4.69) is 5.32 Å². The maximum absolute atomic E-state index is 13.3. The Morgan fingerprint density at radius 1 is 1.08 bits per heavy atom. The summed E-state index contributed by atoms with van der Waals surface area (Å²) in [4.78, 5) is 12.8. The van der Waals surface area contributed by atoms with Gasteiger partial charge in [-0.25, -0.2) is 16.8 Å². The largest absolute Gasteiger partial charge is 0.492 e. The SMILES string of the molecule is CC(C(=O)NCCOc1ccc(S(=O)(=O)N2CCCCC2)cc1)N(c1ccc(Cl)c(C(F)(F)F)c1)S(C)(=O)=O. The molecule has 1 heterocycles. The van der Waals surface area contributed by atoms with Gasteiger partial charge in [0.25, 0.3) is 0 Å². The molecule has 1 fully saturated rings. The molecule has 1 N–H and O–H groups in total. The molecule has 2 aromatic carbocycles. The van der Waals surface area contributed by atoms with E-state index < -0.39 is 48.8 Å². The minimum absolute atomic E-state index is 0.0330. The Labute approximate surface area is 231 Å². The standard InChI is InChI=1S/C24H29ClF3N3O6S2/c1-17(31(38(2,33)34)18-6-11-22(25)21(16-18)24(26,27)28)23(32)29-12-15-37-19-7-9-20(10-8-19)39(35,36)30-13-4-3-5-14-30/h6-11,16-17H,3-5,12-15H2,1-2H3,(H,29,32). The molecular weight excluding hydrogens is 583 g/mol. The predicted molar refractivity (Wildman–Crippen MR) is 141 cm³/mol. The molecule has 9 nitrogen and oxygen atoms in total. The topological polar surface area (TPSA) is 113 Å². The van der Waals surface area contributed by atoms with Crippen LogP contribution in [0.1, 0.15) is 31.7 Å². The highest BCUT2D eigenvalue weighted by atomic mass is 35.5. The number of alkyl halides is 3. The van der Waals surface area contributed by atoms with E-state index in [4.69, 9.17) is 16.3 Å². The van der Waals surface area contributed by atoms with Crippen molar-refractivity contribution >= 4 is 43.2 Å². The summed E-state index contributed by atoms with van der Waals surface area (Å²) >= 11 is 5.63. The summed E-state index contributed by atoms with van der Waals surface area (Å²) in [5, 5.41) is 1.88. The minimum Gasteiger partial charge on any atom is -0.492 e. The number of carbonyl (C=O) groups is 1. The van der Waals surface area contributed by atoms with Crippen LogP contribution in [0.15, 0.2) is 47.4 Å². The van der Waals surface area contributed by atoms with Crippen molar-refractivity contribution in [2.24, 2.45) is 0 Å². The van der Waals surface area contributed by atoms with Crippen molar-refractivity contribution < 1.29 is 39.5 Å². The lowest BCUT2D eigenvalue weighted by atomic mass is 10.1. The first-order valence-electron chi connectivity index (χ1n) is 12.0. The highest BCUT2D eigenvalue weighted by Crippen LogP contribution is 2.37. The third kappa shape index (κ3) is 7.77. The second kappa shape index (κ2) is 12.3. The highest BCUT2D eigenvalue weighted by molar-refractivity contribution is 7.92. The van der Waals surface area contributed by atoms with Crippen LogP contribution in [0.2, 0.25) is 5.02 Å². The van der Waals surface area contributed by atoms with Gasteiger partial charge in [0.2, 0.25) is 26.0 Å². The quantitative estimate of drug-likeness (QED) is 0.408. The van der Waals surface area contributed by atoms with Gasteiger partial charge in [-0.2, -0.15) is 17.5 Å². The van der Waals surface area contributed by atoms with Gasteiger partial charge >= 0.3 is 6.18 Å². The van der Waals surface area contributed by atoms with Gasteiger partial charge in [-0.05, 0) is 62.2 Å². The van der Waals surface area contributed by atoms with Crippen LogP contribution in [0.3, 0.4) is 0 Å². The number of hydrogen-bond acceptors (Lipinski definition) is 6. The Morgan fingerprint density at radius 3 is 2.26 bits per heavy atom. The molecule has 216 valence electrons. The lowest BCUT2D eigenvalue weighted by molar-refractivity contribution is -0.137. The van der Waals surface area contributed by atoms with Gasteiger partial charge in [0, 0.05) is 13.1 Å². The van der Waals surface area contributed by atoms with Crippen molar-refractivity contribution in [1.29, 1.82) is 0 Å². The Kier molecular flexibility index (Phi) is 9.78. The van der Waals surface area contributed by atoms with Crippen molar-refractivity contribution in [2.45, 2.75) is 43.3 Å². The fourth-order valence-electron chi connectivity index (χ4n) is 4.13. The Bertz CT molecular complexity index is 1380. The number of ether oxygens (including phenoxy) is 1. The van der Waals surface area contributed by atoms with Crippen LogP contribution in [-0.4, -0.2) is 65.6 Å². The van der Waals surface area contributed by atoms with Crippen molar-refractivity contribution in [2.75, 3.05) is 36.8 Å². The van der Waals surface area contributed by atoms with Crippen LogP contribution in [-0.2, 0) is 31.0 Å². The first kappa shape index (κ1) is 31.0. The lowest BCUT2D eigenvalue weighted by Crippen LogP contribution is -2.48. The molecule has 39 heavy (non-hydrogen) atoms. The molecule has 1 atom stereocenters. The number of sulfonamides is 2. The normalized spacial score (nSPS) is 15.9. The molecule has 3 rings (SSSR count). The summed E-state index contributed by atoms with van der Waals surface area (Å²) in [6, 6.07) is 7.04. The number of halogens is 4. The molecule has 1 aliphatic rings. The average molecular weight is 612 g/mol. The number of nitrogens with zero attached hydrogens (tertiary/aromatic N) is 2. The van der Waals surface area contributed by atoms with E-state index in [1.165, 1.54) is 35.5 Å². The first-order valence-corrected chi connectivity index (χ1v) is 15.7. The van der Waals surface area contributed by atoms with E-state index >= 15 is 0 Å². The maximum atomic E-state index is 13.3. The third-order valence-electron chi connectivity index (χ3n) is 6.04. The molecule has 0 aliphatic carbocycles. The number of anilines is 1. The Balaban J connectivity index is 1.60. The first-order chi connectivity index (χ1) is 18.1. The van der Waals surface area contributed by atoms with Gasteiger partial charge in [-0.1, -0.05) is 18.0 Å². The molecule has 0 bridgehead atoms. The maximum Gasteiger partial charge on any atom is 0.417 e. The molecule has 15 heteroatoms. The third-order valence-corrected chi connectivity index (χ3v) is 9.53. The Morgan fingerprint density at radius 2 is 1.69 bits per heavy atom. The molecule has 0 aromatic heterocycles. The van der Waals surface area contributed by atoms with Crippen molar-refractivity contribution in [3.05, 3.63) is 53.1 Å². The Hall–Kier alpha value is -2.55. The second-order valence-corrected chi connectivity index (χ2v) is 13.2. The van der Waals surface area contributed by atoms with Gasteiger partial charge < -0.3 is 10.1 Å². The number of amides is 1. The fraction of sp³-hybridized carbons (Fsp3) is 0.458. The molecule has 1 amide bonds. The molecular formula is C24H29ClF3N3O6S2. The molecule has 1 aliphatic heterocycles. The number of benzene rings is 2. The van der Waals surface area contributed by atoms with Gasteiger partial charge in [0.15, 0.2) is 0 Å². The van der Waals surface area contributed by atoms with E-state index in [0.29, 0.717) is 29.2 Å². The van der Waals surface area contributed by atoms with E-state index in [0.717, 1.165) is 37.7 Å². The van der Waals surface area contributed by atoms with E-state index in [1.54, 1.807) is 0 Å². The number of nitrogens with one attached hydrogen (secondary N) is 1. The fourth-order valence-corrected chi connectivity index (χ4v) is 7.04. The van der Waals surface area contributed by atoms with Crippen LogP contribution in [0, 0.1) is 0 Å². The number of carbonyl (C=O) groups excluding carboxylic acids is 1. The zero-order chi connectivity index (χ0) is 29.0. The van der Waals surface area contributed by atoms with Crippen LogP contribution < -0.4 is 14.4 Å². The van der Waals surface area contributed by atoms with E-state index in [9.17, 15) is 34.8 Å². The average Bonchev–Trinajstić information content (AvgIpc) is 2.87. The molecule has 0 saturated carbocycles. The summed E-state index contributed by atoms with van der Waals surface area (Å²) in [5.41, 5.74) is -1.60. The zero-order valence-corrected chi connectivity index (χ0v) is 23.6. The molecule has 0 radical (unpaired) electrons. The van der Waals surface area contributed by atoms with Crippen LogP contribution in [0.4, 0.5) is 18.9 Å². The highest BCUT2D eigenvalue weighted by Gasteiger charge is 2.36. The summed E-state index contributed by atoms with van der Waals surface area (Å²) in [6.07, 6.45) is -1.41. The summed E-state index contributed by atoms with van der Waals surface area (Å²) < 4.78 is 97.7. The molecule has 0 spiro atoms. The van der Waals surface area contributed by atoms with Crippen molar-refractivity contribution in [1.82, 2.24) is 9.62 Å². The predicted octanol–water partition coefficient (Wildman–Crippen LogP) is 3.88. The minimum atomic E-state index is -4.82. The smallest absolute Gasteiger partial charge is 0.417 e. The van der Waals surface area contributed by atoms with Crippen molar-refractivity contribution in [3.8, 4) is 5.75 Å². The van der Waals surface area contributed by atoms with Gasteiger partial charge in [0.1, 0.15) is 18.4 Å². The molecule has 2 aromatic rings. The van der Waals surface area contributed by atoms with Crippen LogP contribution >= 0.6 is 11.6 Å². The number of piperidine rings is 1. The number of hydrogen-bond donors (Lipinski definition) is 1. The lowest BCUT2D eigenvalue weighted by Gasteiger charge is -2.29.